The Hall–Kier alpha value is -0.0400. The first-order valence-electron chi connectivity index (χ1n) is 5.45. The maximum absolute atomic E-state index is 3.45. The normalized spacial score (nSPS) is 22.2. The minimum Gasteiger partial charge on any atom is -0.317 e. The van der Waals surface area contributed by atoms with E-state index in [-0.39, 0.29) is 0 Å². The Kier molecular flexibility index (Phi) is 4.07. The van der Waals surface area contributed by atoms with Crippen LogP contribution >= 0.6 is 0 Å². The van der Waals surface area contributed by atoms with E-state index in [0.29, 0.717) is 0 Å². The summed E-state index contributed by atoms with van der Waals surface area (Å²) in [5.74, 6) is 1.92. The molecule has 0 amide bonds. The van der Waals surface area contributed by atoms with Gasteiger partial charge in [-0.15, -0.1) is 0 Å². The first kappa shape index (κ1) is 10.0. The summed E-state index contributed by atoms with van der Waals surface area (Å²) in [5, 5.41) is 3.45. The minimum atomic E-state index is 0.812. The SMILES string of the molecule is CCCC(C)CC(NC)C1CC1. The fourth-order valence-corrected chi connectivity index (χ4v) is 2.09. The highest BCUT2D eigenvalue weighted by atomic mass is 14.9. The Morgan fingerprint density at radius 3 is 2.50 bits per heavy atom. The minimum absolute atomic E-state index is 0.812. The van der Waals surface area contributed by atoms with Crippen molar-refractivity contribution in [3.8, 4) is 0 Å². The molecule has 1 aliphatic carbocycles. The molecule has 0 aromatic carbocycles. The number of hydrogen-bond donors (Lipinski definition) is 1. The standard InChI is InChI=1S/C11H23N/c1-4-5-9(2)8-11(12-3)10-6-7-10/h9-12H,4-8H2,1-3H3. The molecule has 1 saturated carbocycles. The second-order valence-corrected chi connectivity index (χ2v) is 4.36. The van der Waals surface area contributed by atoms with Crippen LogP contribution in [0.25, 0.3) is 0 Å². The van der Waals surface area contributed by atoms with Crippen molar-refractivity contribution in [2.45, 2.75) is 52.0 Å². The molecule has 2 unspecified atom stereocenters. The molecular formula is C11H23N. The van der Waals surface area contributed by atoms with Crippen molar-refractivity contribution < 1.29 is 0 Å². The van der Waals surface area contributed by atoms with Gasteiger partial charge in [-0.3, -0.25) is 0 Å². The molecule has 1 N–H and O–H groups in total. The molecule has 1 aliphatic rings. The third-order valence-corrected chi connectivity index (χ3v) is 3.00. The van der Waals surface area contributed by atoms with E-state index in [1.165, 1.54) is 32.1 Å². The van der Waals surface area contributed by atoms with Gasteiger partial charge in [0, 0.05) is 6.04 Å². The molecule has 1 rings (SSSR count). The topological polar surface area (TPSA) is 12.0 Å². The quantitative estimate of drug-likeness (QED) is 0.644. The molecule has 12 heavy (non-hydrogen) atoms. The van der Waals surface area contributed by atoms with Crippen molar-refractivity contribution in [1.29, 1.82) is 0 Å². The summed E-state index contributed by atoms with van der Waals surface area (Å²) in [6.07, 6.45) is 7.04. The van der Waals surface area contributed by atoms with E-state index in [4.69, 9.17) is 0 Å². The summed E-state index contributed by atoms with van der Waals surface area (Å²) >= 11 is 0. The molecule has 0 spiro atoms. The van der Waals surface area contributed by atoms with Gasteiger partial charge >= 0.3 is 0 Å². The van der Waals surface area contributed by atoms with Crippen LogP contribution in [-0.4, -0.2) is 13.1 Å². The Balaban J connectivity index is 2.16. The van der Waals surface area contributed by atoms with Crippen LogP contribution in [0.4, 0.5) is 0 Å². The summed E-state index contributed by atoms with van der Waals surface area (Å²) in [7, 11) is 2.11. The summed E-state index contributed by atoms with van der Waals surface area (Å²) in [6.45, 7) is 4.66. The molecular weight excluding hydrogens is 146 g/mol. The van der Waals surface area contributed by atoms with E-state index in [1.807, 2.05) is 0 Å². The lowest BCUT2D eigenvalue weighted by molar-refractivity contribution is 0.372. The van der Waals surface area contributed by atoms with Crippen molar-refractivity contribution >= 4 is 0 Å². The molecule has 72 valence electrons. The summed E-state index contributed by atoms with van der Waals surface area (Å²) < 4.78 is 0. The molecule has 0 heterocycles. The lowest BCUT2D eigenvalue weighted by Gasteiger charge is -2.19. The van der Waals surface area contributed by atoms with Gasteiger partial charge in [0.2, 0.25) is 0 Å². The molecule has 1 nitrogen and oxygen atoms in total. The van der Waals surface area contributed by atoms with Crippen LogP contribution in [0, 0.1) is 11.8 Å². The van der Waals surface area contributed by atoms with Crippen LogP contribution in [0.2, 0.25) is 0 Å². The van der Waals surface area contributed by atoms with E-state index >= 15 is 0 Å². The zero-order valence-corrected chi connectivity index (χ0v) is 8.77. The van der Waals surface area contributed by atoms with Gasteiger partial charge < -0.3 is 5.32 Å². The highest BCUT2D eigenvalue weighted by Gasteiger charge is 2.30. The smallest absolute Gasteiger partial charge is 0.00948 e. The predicted molar refractivity (Wildman–Crippen MR) is 54.3 cm³/mol. The largest absolute Gasteiger partial charge is 0.317 e. The molecule has 1 heteroatoms. The van der Waals surface area contributed by atoms with Crippen molar-refractivity contribution in [3.05, 3.63) is 0 Å². The van der Waals surface area contributed by atoms with Crippen LogP contribution in [-0.2, 0) is 0 Å². The van der Waals surface area contributed by atoms with Gasteiger partial charge in [-0.1, -0.05) is 26.7 Å². The van der Waals surface area contributed by atoms with E-state index in [2.05, 4.69) is 26.2 Å². The van der Waals surface area contributed by atoms with E-state index < -0.39 is 0 Å². The summed E-state index contributed by atoms with van der Waals surface area (Å²) in [4.78, 5) is 0. The average molecular weight is 169 g/mol. The van der Waals surface area contributed by atoms with E-state index in [1.54, 1.807) is 0 Å². The van der Waals surface area contributed by atoms with E-state index in [9.17, 15) is 0 Å². The number of hydrogen-bond acceptors (Lipinski definition) is 1. The van der Waals surface area contributed by atoms with Crippen LogP contribution in [0.1, 0.15) is 46.0 Å². The monoisotopic (exact) mass is 169 g/mol. The van der Waals surface area contributed by atoms with Gasteiger partial charge in [0.1, 0.15) is 0 Å². The second-order valence-electron chi connectivity index (χ2n) is 4.36. The zero-order chi connectivity index (χ0) is 8.97. The van der Waals surface area contributed by atoms with Gasteiger partial charge in [0.05, 0.1) is 0 Å². The maximum Gasteiger partial charge on any atom is 0.00948 e. The lowest BCUT2D eigenvalue weighted by atomic mass is 9.95. The van der Waals surface area contributed by atoms with Crippen molar-refractivity contribution in [3.63, 3.8) is 0 Å². The Morgan fingerprint density at radius 1 is 1.42 bits per heavy atom. The third kappa shape index (κ3) is 3.14. The van der Waals surface area contributed by atoms with E-state index in [0.717, 1.165) is 17.9 Å². The fraction of sp³-hybridized carbons (Fsp3) is 1.00. The van der Waals surface area contributed by atoms with Crippen molar-refractivity contribution in [2.24, 2.45) is 11.8 Å². The molecule has 0 bridgehead atoms. The summed E-state index contributed by atoms with van der Waals surface area (Å²) in [6, 6.07) is 0.812. The van der Waals surface area contributed by atoms with Crippen LogP contribution in [0.3, 0.4) is 0 Å². The summed E-state index contributed by atoms with van der Waals surface area (Å²) in [5.41, 5.74) is 0. The number of nitrogens with one attached hydrogen (secondary N) is 1. The first-order valence-corrected chi connectivity index (χ1v) is 5.45. The Morgan fingerprint density at radius 2 is 2.08 bits per heavy atom. The molecule has 0 aromatic rings. The predicted octanol–water partition coefficient (Wildman–Crippen LogP) is 2.81. The van der Waals surface area contributed by atoms with Crippen molar-refractivity contribution in [2.75, 3.05) is 7.05 Å². The van der Waals surface area contributed by atoms with Crippen LogP contribution in [0.5, 0.6) is 0 Å². The Labute approximate surface area is 76.9 Å². The molecule has 2 atom stereocenters. The van der Waals surface area contributed by atoms with Gasteiger partial charge in [0.15, 0.2) is 0 Å². The van der Waals surface area contributed by atoms with Crippen LogP contribution in [0.15, 0.2) is 0 Å². The lowest BCUT2D eigenvalue weighted by Crippen LogP contribution is -2.29. The maximum atomic E-state index is 3.45. The molecule has 0 aromatic heterocycles. The Bertz CT molecular complexity index is 118. The van der Waals surface area contributed by atoms with Gasteiger partial charge in [0.25, 0.3) is 0 Å². The molecule has 1 fully saturated rings. The van der Waals surface area contributed by atoms with Crippen molar-refractivity contribution in [1.82, 2.24) is 5.32 Å². The van der Waals surface area contributed by atoms with Gasteiger partial charge in [-0.25, -0.2) is 0 Å². The van der Waals surface area contributed by atoms with Crippen LogP contribution < -0.4 is 5.32 Å². The highest BCUT2D eigenvalue weighted by molar-refractivity contribution is 4.86. The highest BCUT2D eigenvalue weighted by Crippen LogP contribution is 2.35. The molecule has 0 aliphatic heterocycles. The zero-order valence-electron chi connectivity index (χ0n) is 8.77. The average Bonchev–Trinajstić information content (AvgIpc) is 2.83. The third-order valence-electron chi connectivity index (χ3n) is 3.00. The second kappa shape index (κ2) is 4.86. The number of rotatable bonds is 6. The van der Waals surface area contributed by atoms with Gasteiger partial charge in [-0.2, -0.15) is 0 Å². The van der Waals surface area contributed by atoms with Gasteiger partial charge in [-0.05, 0) is 38.1 Å². The molecule has 0 saturated heterocycles. The fourth-order valence-electron chi connectivity index (χ4n) is 2.09. The first-order chi connectivity index (χ1) is 5.77. The molecule has 0 radical (unpaired) electrons.